The van der Waals surface area contributed by atoms with Gasteiger partial charge in [0.15, 0.2) is 0 Å². The van der Waals surface area contributed by atoms with Gasteiger partial charge in [-0.2, -0.15) is 0 Å². The molecule has 16 rings (SSSR count). The van der Waals surface area contributed by atoms with Crippen LogP contribution in [-0.2, 0) is 10.8 Å². The average Bonchev–Trinajstić information content (AvgIpc) is 3.88. The van der Waals surface area contributed by atoms with E-state index in [0.717, 1.165) is 23.2 Å². The maximum Gasteiger partial charge on any atom is 0.0719 e. The zero-order valence-electron chi connectivity index (χ0n) is 37.5. The van der Waals surface area contributed by atoms with Crippen molar-refractivity contribution >= 4 is 38.9 Å². The van der Waals surface area contributed by atoms with E-state index in [9.17, 15) is 0 Å². The predicted molar refractivity (Wildman–Crippen MR) is 276 cm³/mol. The maximum absolute atomic E-state index is 2.71. The van der Waals surface area contributed by atoms with Crippen LogP contribution < -0.4 is 4.90 Å². The van der Waals surface area contributed by atoms with Gasteiger partial charge in [0, 0.05) is 38.8 Å². The molecule has 0 radical (unpaired) electrons. The Kier molecular flexibility index (Phi) is 7.92. The van der Waals surface area contributed by atoms with Crippen molar-refractivity contribution in [3.63, 3.8) is 0 Å². The van der Waals surface area contributed by atoms with Gasteiger partial charge in [0.2, 0.25) is 0 Å². The fourth-order valence-electron chi connectivity index (χ4n) is 15.3. The Morgan fingerprint density at radius 1 is 0.373 bits per heavy atom. The molecule has 10 aromatic rings. The Morgan fingerprint density at radius 3 is 1.51 bits per heavy atom. The fourth-order valence-corrected chi connectivity index (χ4v) is 15.3. The summed E-state index contributed by atoms with van der Waals surface area (Å²) >= 11 is 0. The third kappa shape index (κ3) is 5.00. The first-order valence-corrected chi connectivity index (χ1v) is 24.7. The number of rotatable bonds is 5. The molecule has 67 heavy (non-hydrogen) atoms. The van der Waals surface area contributed by atoms with E-state index in [1.54, 1.807) is 11.1 Å². The third-order valence-electron chi connectivity index (χ3n) is 17.4. The minimum Gasteiger partial charge on any atom is -0.310 e. The van der Waals surface area contributed by atoms with Crippen LogP contribution in [0, 0.1) is 23.7 Å². The summed E-state index contributed by atoms with van der Waals surface area (Å²) in [7, 11) is 0. The Morgan fingerprint density at radius 2 is 0.866 bits per heavy atom. The molecule has 2 nitrogen and oxygen atoms in total. The van der Waals surface area contributed by atoms with Crippen molar-refractivity contribution in [3.8, 4) is 27.9 Å². The fraction of sp³-hybridized carbons (Fsp3) is 0.169. The third-order valence-corrected chi connectivity index (χ3v) is 17.4. The average molecular weight is 859 g/mol. The molecular weight excluding hydrogens is 809 g/mol. The highest BCUT2D eigenvalue weighted by Crippen LogP contribution is 2.71. The molecule has 1 aromatic heterocycles. The zero-order valence-corrected chi connectivity index (χ0v) is 37.5. The molecule has 6 aliphatic rings. The van der Waals surface area contributed by atoms with E-state index in [1.807, 2.05) is 0 Å². The van der Waals surface area contributed by atoms with Crippen LogP contribution in [-0.4, -0.2) is 4.57 Å². The lowest BCUT2D eigenvalue weighted by molar-refractivity contribution is -0.0440. The second-order valence-corrected chi connectivity index (χ2v) is 20.4. The summed E-state index contributed by atoms with van der Waals surface area (Å²) in [5, 5.41) is 2.56. The molecule has 0 saturated heterocycles. The Bertz CT molecular complexity index is 3480. The normalized spacial score (nSPS) is 22.2. The van der Waals surface area contributed by atoms with E-state index >= 15 is 0 Å². The molecule has 4 fully saturated rings. The lowest BCUT2D eigenvalue weighted by Crippen LogP contribution is -2.59. The number of hydrogen-bond donors (Lipinski definition) is 0. The Hall–Kier alpha value is -7.42. The number of hydrogen-bond acceptors (Lipinski definition) is 1. The van der Waals surface area contributed by atoms with E-state index < -0.39 is 5.41 Å². The van der Waals surface area contributed by atoms with Crippen molar-refractivity contribution in [2.24, 2.45) is 23.7 Å². The molecule has 0 aliphatic heterocycles. The van der Waals surface area contributed by atoms with Gasteiger partial charge in [-0.25, -0.2) is 0 Å². The Labute approximate surface area is 392 Å². The van der Waals surface area contributed by atoms with Crippen LogP contribution >= 0.6 is 0 Å². The molecule has 6 aliphatic carbocycles. The lowest BCUT2D eigenvalue weighted by Gasteiger charge is -2.65. The number of benzene rings is 9. The van der Waals surface area contributed by atoms with Crippen LogP contribution in [0.1, 0.15) is 65.5 Å². The van der Waals surface area contributed by atoms with Crippen molar-refractivity contribution < 1.29 is 0 Å². The van der Waals surface area contributed by atoms with Crippen LogP contribution in [0.15, 0.2) is 218 Å². The zero-order chi connectivity index (χ0) is 43.8. The number of fused-ring (bicyclic) bond motifs is 12. The van der Waals surface area contributed by atoms with Gasteiger partial charge in [0.25, 0.3) is 0 Å². The number of nitrogens with zero attached hydrogens (tertiary/aromatic N) is 2. The molecule has 9 aromatic carbocycles. The molecule has 0 N–H and O–H groups in total. The lowest BCUT2D eigenvalue weighted by atomic mass is 9.38. The SMILES string of the molecule is c1ccc(-c2ccccc2N(c2ccc(-n3c4ccccc4c4ccccc43)cc2)c2ccc3c(c2)C2(c4ccccc4C34c3ccccc3-c3ccccc34)C3CC4CC(C3)CC2C4)cc1. The van der Waals surface area contributed by atoms with Crippen molar-refractivity contribution in [2.75, 3.05) is 4.90 Å². The van der Waals surface area contributed by atoms with Crippen LogP contribution in [0.25, 0.3) is 49.7 Å². The minimum atomic E-state index is -0.422. The van der Waals surface area contributed by atoms with Crippen molar-refractivity contribution in [2.45, 2.75) is 42.9 Å². The molecular formula is C65H50N2. The smallest absolute Gasteiger partial charge is 0.0719 e. The predicted octanol–water partition coefficient (Wildman–Crippen LogP) is 16.3. The van der Waals surface area contributed by atoms with Crippen LogP contribution in [0.4, 0.5) is 17.1 Å². The van der Waals surface area contributed by atoms with E-state index in [1.165, 1.54) is 110 Å². The quantitative estimate of drug-likeness (QED) is 0.167. The number of aromatic nitrogens is 1. The van der Waals surface area contributed by atoms with Gasteiger partial charge in [-0.1, -0.05) is 164 Å². The first kappa shape index (κ1) is 37.8. The van der Waals surface area contributed by atoms with Gasteiger partial charge in [0.1, 0.15) is 0 Å². The summed E-state index contributed by atoms with van der Waals surface area (Å²) in [4.78, 5) is 2.58. The molecule has 2 heteroatoms. The van der Waals surface area contributed by atoms with E-state index in [2.05, 4.69) is 228 Å². The van der Waals surface area contributed by atoms with Gasteiger partial charge in [-0.3, -0.25) is 0 Å². The van der Waals surface area contributed by atoms with E-state index in [0.29, 0.717) is 11.8 Å². The molecule has 320 valence electrons. The highest BCUT2D eigenvalue weighted by Gasteiger charge is 2.64. The second kappa shape index (κ2) is 14.0. The number of para-hydroxylation sites is 3. The highest BCUT2D eigenvalue weighted by molar-refractivity contribution is 6.09. The summed E-state index contributed by atoms with van der Waals surface area (Å²) < 4.78 is 2.43. The van der Waals surface area contributed by atoms with Gasteiger partial charge in [0.05, 0.1) is 22.1 Å². The van der Waals surface area contributed by atoms with E-state index in [-0.39, 0.29) is 5.41 Å². The first-order valence-electron chi connectivity index (χ1n) is 24.7. The second-order valence-electron chi connectivity index (χ2n) is 20.4. The number of anilines is 3. The van der Waals surface area contributed by atoms with Gasteiger partial charge in [-0.15, -0.1) is 0 Å². The monoisotopic (exact) mass is 858 g/mol. The molecule has 0 atom stereocenters. The standard InChI is InChI=1S/C65H50N2/c1-2-16-44(17-3-1)50-18-6-13-27-61(50)66(47-30-32-48(33-31-47)67-62-28-14-7-21-53(62)54-22-8-15-29-63(54)67)49-34-35-59-60(41-49)64(45-37-42-36-43(39-45)40-46(64)38-42)57-25-11-12-26-58(57)65(59)55-23-9-4-19-51(55)52-20-5-10-24-56(52)65/h1-35,41-43,45-46H,36-40H2. The summed E-state index contributed by atoms with van der Waals surface area (Å²) in [6.45, 7) is 0. The van der Waals surface area contributed by atoms with Crippen molar-refractivity contribution in [1.82, 2.24) is 4.57 Å². The summed E-state index contributed by atoms with van der Waals surface area (Å²) in [6, 6.07) is 83.3. The minimum absolute atomic E-state index is 0.0713. The van der Waals surface area contributed by atoms with Gasteiger partial charge < -0.3 is 9.47 Å². The topological polar surface area (TPSA) is 8.17 Å². The van der Waals surface area contributed by atoms with Crippen LogP contribution in [0.5, 0.6) is 0 Å². The van der Waals surface area contributed by atoms with Gasteiger partial charge in [-0.05, 0) is 160 Å². The van der Waals surface area contributed by atoms with Crippen LogP contribution in [0.3, 0.4) is 0 Å². The molecule has 1 heterocycles. The largest absolute Gasteiger partial charge is 0.310 e. The first-order chi connectivity index (χ1) is 33.2. The molecule has 0 unspecified atom stereocenters. The molecule has 4 bridgehead atoms. The highest BCUT2D eigenvalue weighted by atomic mass is 15.1. The van der Waals surface area contributed by atoms with Crippen LogP contribution in [0.2, 0.25) is 0 Å². The molecule has 0 amide bonds. The molecule has 2 spiro atoms. The maximum atomic E-state index is 2.71. The molecule has 4 saturated carbocycles. The Balaban J connectivity index is 1.01. The van der Waals surface area contributed by atoms with E-state index in [4.69, 9.17) is 0 Å². The summed E-state index contributed by atoms with van der Waals surface area (Å²) in [6.07, 6.45) is 6.74. The van der Waals surface area contributed by atoms with Gasteiger partial charge >= 0.3 is 0 Å². The summed E-state index contributed by atoms with van der Waals surface area (Å²) in [5.41, 5.74) is 20.8. The van der Waals surface area contributed by atoms with Crippen molar-refractivity contribution in [1.29, 1.82) is 0 Å². The summed E-state index contributed by atoms with van der Waals surface area (Å²) in [5.74, 6) is 2.91. The van der Waals surface area contributed by atoms with Crippen molar-refractivity contribution in [3.05, 3.63) is 252 Å².